The van der Waals surface area contributed by atoms with Gasteiger partial charge in [-0.05, 0) is 42.0 Å². The van der Waals surface area contributed by atoms with Crippen molar-refractivity contribution in [2.75, 3.05) is 7.11 Å². The molecular weight excluding hydrogens is 348 g/mol. The SMILES string of the molecule is COc1ccc(Cl)cc1C1=NC(=Cc2ccc([N+](=O)[O-])cc2)C(=O)O1. The number of carbonyl (C=O) groups excluding carboxylic acids is 1. The van der Waals surface area contributed by atoms with E-state index in [1.54, 1.807) is 18.2 Å². The van der Waals surface area contributed by atoms with E-state index >= 15 is 0 Å². The van der Waals surface area contributed by atoms with Crippen LogP contribution in [0.4, 0.5) is 5.69 Å². The Morgan fingerprint density at radius 3 is 2.60 bits per heavy atom. The Morgan fingerprint density at radius 2 is 1.96 bits per heavy atom. The zero-order valence-corrected chi connectivity index (χ0v) is 13.7. The molecule has 1 heterocycles. The number of halogens is 1. The number of esters is 1. The summed E-state index contributed by atoms with van der Waals surface area (Å²) < 4.78 is 10.4. The van der Waals surface area contributed by atoms with Crippen molar-refractivity contribution in [3.05, 3.63) is 74.4 Å². The highest BCUT2D eigenvalue weighted by atomic mass is 35.5. The summed E-state index contributed by atoms with van der Waals surface area (Å²) in [5.74, 6) is -0.0829. The number of rotatable bonds is 4. The molecule has 0 spiro atoms. The van der Waals surface area contributed by atoms with E-state index in [1.165, 1.54) is 37.5 Å². The summed E-state index contributed by atoms with van der Waals surface area (Å²) in [5.41, 5.74) is 1.07. The third-order valence-corrected chi connectivity index (χ3v) is 3.65. The van der Waals surface area contributed by atoms with E-state index in [2.05, 4.69) is 4.99 Å². The molecule has 1 aliphatic rings. The van der Waals surface area contributed by atoms with Gasteiger partial charge in [-0.2, -0.15) is 0 Å². The lowest BCUT2D eigenvalue weighted by Gasteiger charge is -2.07. The molecule has 0 saturated heterocycles. The minimum atomic E-state index is -0.629. The number of nitrogens with zero attached hydrogens (tertiary/aromatic N) is 2. The van der Waals surface area contributed by atoms with Crippen LogP contribution in [0.1, 0.15) is 11.1 Å². The number of cyclic esters (lactones) is 1. The van der Waals surface area contributed by atoms with Crippen molar-refractivity contribution in [2.24, 2.45) is 4.99 Å². The number of nitro benzene ring substituents is 1. The first-order valence-corrected chi connectivity index (χ1v) is 7.46. The van der Waals surface area contributed by atoms with E-state index in [0.717, 1.165) is 0 Å². The summed E-state index contributed by atoms with van der Waals surface area (Å²) in [4.78, 5) is 26.4. The van der Waals surface area contributed by atoms with Gasteiger partial charge in [0.15, 0.2) is 5.70 Å². The van der Waals surface area contributed by atoms with E-state index in [-0.39, 0.29) is 17.3 Å². The third kappa shape index (κ3) is 3.51. The molecule has 0 aromatic heterocycles. The first kappa shape index (κ1) is 16.7. The highest BCUT2D eigenvalue weighted by Gasteiger charge is 2.26. The van der Waals surface area contributed by atoms with Crippen LogP contribution in [0.3, 0.4) is 0 Å². The summed E-state index contributed by atoms with van der Waals surface area (Å²) in [6.45, 7) is 0. The second-order valence-corrected chi connectivity index (χ2v) is 5.47. The van der Waals surface area contributed by atoms with Crippen LogP contribution in [0.15, 0.2) is 53.2 Å². The van der Waals surface area contributed by atoms with Crippen LogP contribution in [-0.4, -0.2) is 23.9 Å². The summed E-state index contributed by atoms with van der Waals surface area (Å²) in [6, 6.07) is 10.6. The topological polar surface area (TPSA) is 91.0 Å². The zero-order chi connectivity index (χ0) is 18.0. The van der Waals surface area contributed by atoms with Gasteiger partial charge in [0.25, 0.3) is 5.69 Å². The van der Waals surface area contributed by atoms with Crippen LogP contribution in [0.25, 0.3) is 6.08 Å². The van der Waals surface area contributed by atoms with Crippen LogP contribution in [0, 0.1) is 10.1 Å². The molecule has 0 aliphatic carbocycles. The molecule has 0 atom stereocenters. The molecule has 0 fully saturated rings. The molecule has 7 nitrogen and oxygen atoms in total. The average Bonchev–Trinajstić information content (AvgIpc) is 2.96. The Balaban J connectivity index is 1.95. The number of aliphatic imine (C=N–C) groups is 1. The molecule has 2 aromatic rings. The lowest BCUT2D eigenvalue weighted by atomic mass is 10.2. The van der Waals surface area contributed by atoms with Gasteiger partial charge in [-0.3, -0.25) is 10.1 Å². The fourth-order valence-corrected chi connectivity index (χ4v) is 2.39. The molecule has 0 N–H and O–H groups in total. The highest BCUT2D eigenvalue weighted by Crippen LogP contribution is 2.28. The van der Waals surface area contributed by atoms with Crippen molar-refractivity contribution < 1.29 is 19.2 Å². The average molecular weight is 359 g/mol. The number of nitro groups is 1. The van der Waals surface area contributed by atoms with Gasteiger partial charge in [-0.1, -0.05) is 11.6 Å². The van der Waals surface area contributed by atoms with Crippen LogP contribution in [0.2, 0.25) is 5.02 Å². The summed E-state index contributed by atoms with van der Waals surface area (Å²) >= 11 is 5.97. The Kier molecular flexibility index (Phi) is 4.49. The van der Waals surface area contributed by atoms with Crippen molar-refractivity contribution in [3.8, 4) is 5.75 Å². The predicted molar refractivity (Wildman–Crippen MR) is 91.7 cm³/mol. The molecular formula is C17H11ClN2O5. The van der Waals surface area contributed by atoms with Gasteiger partial charge in [0.2, 0.25) is 5.90 Å². The molecule has 0 unspecified atom stereocenters. The lowest BCUT2D eigenvalue weighted by Crippen LogP contribution is -2.07. The zero-order valence-electron chi connectivity index (χ0n) is 12.9. The summed E-state index contributed by atoms with van der Waals surface area (Å²) in [6.07, 6.45) is 1.48. The molecule has 0 amide bonds. The van der Waals surface area contributed by atoms with Crippen LogP contribution in [0.5, 0.6) is 5.75 Å². The molecule has 126 valence electrons. The maximum absolute atomic E-state index is 12.0. The number of carbonyl (C=O) groups is 1. The minimum Gasteiger partial charge on any atom is -0.496 e. The summed E-state index contributed by atoms with van der Waals surface area (Å²) in [5, 5.41) is 11.1. The van der Waals surface area contributed by atoms with Crippen molar-refractivity contribution in [1.82, 2.24) is 0 Å². The maximum atomic E-state index is 12.0. The Hall–Kier alpha value is -3.19. The first-order chi connectivity index (χ1) is 12.0. The fourth-order valence-electron chi connectivity index (χ4n) is 2.22. The monoisotopic (exact) mass is 358 g/mol. The third-order valence-electron chi connectivity index (χ3n) is 3.42. The Labute approximate surface area is 147 Å². The number of benzene rings is 2. The minimum absolute atomic E-state index is 0.0380. The Morgan fingerprint density at radius 1 is 1.24 bits per heavy atom. The largest absolute Gasteiger partial charge is 0.496 e. The van der Waals surface area contributed by atoms with Crippen LogP contribution >= 0.6 is 11.6 Å². The number of hydrogen-bond acceptors (Lipinski definition) is 6. The number of non-ortho nitro benzene ring substituents is 1. The fraction of sp³-hybridized carbons (Fsp3) is 0.0588. The van der Waals surface area contributed by atoms with E-state index in [4.69, 9.17) is 21.1 Å². The molecule has 0 radical (unpaired) electrons. The number of ether oxygens (including phenoxy) is 2. The second kappa shape index (κ2) is 6.74. The van der Waals surface area contributed by atoms with Crippen molar-refractivity contribution in [3.63, 3.8) is 0 Å². The van der Waals surface area contributed by atoms with Crippen molar-refractivity contribution in [1.29, 1.82) is 0 Å². The van der Waals surface area contributed by atoms with Gasteiger partial charge in [0, 0.05) is 17.2 Å². The van der Waals surface area contributed by atoms with Crippen LogP contribution in [-0.2, 0) is 9.53 Å². The number of methoxy groups -OCH3 is 1. The Bertz CT molecular complexity index is 919. The van der Waals surface area contributed by atoms with Gasteiger partial charge in [0.1, 0.15) is 5.75 Å². The van der Waals surface area contributed by atoms with E-state index in [9.17, 15) is 14.9 Å². The molecule has 1 aliphatic heterocycles. The molecule has 0 bridgehead atoms. The van der Waals surface area contributed by atoms with Gasteiger partial charge in [-0.15, -0.1) is 0 Å². The van der Waals surface area contributed by atoms with Gasteiger partial charge in [0.05, 0.1) is 17.6 Å². The number of hydrogen-bond donors (Lipinski definition) is 0. The molecule has 25 heavy (non-hydrogen) atoms. The molecule has 0 saturated carbocycles. The van der Waals surface area contributed by atoms with E-state index in [0.29, 0.717) is 21.9 Å². The second-order valence-electron chi connectivity index (χ2n) is 5.03. The molecule has 3 rings (SSSR count). The van der Waals surface area contributed by atoms with Crippen molar-refractivity contribution >= 4 is 35.2 Å². The highest BCUT2D eigenvalue weighted by molar-refractivity contribution is 6.31. The lowest BCUT2D eigenvalue weighted by molar-refractivity contribution is -0.384. The standard InChI is InChI=1S/C17H11ClN2O5/c1-24-15-7-4-11(18)9-13(15)16-19-14(17(21)25-16)8-10-2-5-12(6-3-10)20(22)23/h2-9H,1H3. The normalized spacial score (nSPS) is 15.0. The van der Waals surface area contributed by atoms with Gasteiger partial charge < -0.3 is 9.47 Å². The maximum Gasteiger partial charge on any atom is 0.363 e. The summed E-state index contributed by atoms with van der Waals surface area (Å²) in [7, 11) is 1.48. The molecule has 8 heteroatoms. The van der Waals surface area contributed by atoms with Crippen molar-refractivity contribution in [2.45, 2.75) is 0 Å². The molecule has 2 aromatic carbocycles. The van der Waals surface area contributed by atoms with E-state index in [1.807, 2.05) is 0 Å². The smallest absolute Gasteiger partial charge is 0.363 e. The first-order valence-electron chi connectivity index (χ1n) is 7.09. The van der Waals surface area contributed by atoms with Crippen LogP contribution < -0.4 is 4.74 Å². The van der Waals surface area contributed by atoms with E-state index < -0.39 is 10.9 Å². The quantitative estimate of drug-likeness (QED) is 0.360. The predicted octanol–water partition coefficient (Wildman–Crippen LogP) is 3.60. The van der Waals surface area contributed by atoms with Gasteiger partial charge >= 0.3 is 5.97 Å². The van der Waals surface area contributed by atoms with Gasteiger partial charge in [-0.25, -0.2) is 9.79 Å².